The number of nitrogens with zero attached hydrogens (tertiary/aromatic N) is 3. The van der Waals surface area contributed by atoms with Crippen LogP contribution in [0, 0.1) is 0 Å². The number of thioether (sulfide) groups is 1. The van der Waals surface area contributed by atoms with E-state index >= 15 is 0 Å². The van der Waals surface area contributed by atoms with Crippen LogP contribution in [-0.4, -0.2) is 31.3 Å². The molecule has 2 N–H and O–H groups in total. The van der Waals surface area contributed by atoms with Crippen LogP contribution >= 0.6 is 23.1 Å². The van der Waals surface area contributed by atoms with Crippen LogP contribution in [0.1, 0.15) is 0 Å². The van der Waals surface area contributed by atoms with Crippen LogP contribution in [0.3, 0.4) is 0 Å². The fourth-order valence-corrected chi connectivity index (χ4v) is 3.50. The van der Waals surface area contributed by atoms with Crippen molar-refractivity contribution in [3.8, 4) is 5.88 Å². The first-order valence-electron chi connectivity index (χ1n) is 6.58. The van der Waals surface area contributed by atoms with Crippen LogP contribution in [-0.2, 0) is 11.8 Å². The van der Waals surface area contributed by atoms with E-state index in [0.29, 0.717) is 5.13 Å². The third-order valence-corrected chi connectivity index (χ3v) is 4.93. The average molecular weight is 348 g/mol. The topological polar surface area (TPSA) is 97.1 Å². The lowest BCUT2D eigenvalue weighted by Crippen LogP contribution is -2.20. The van der Waals surface area contributed by atoms with E-state index < -0.39 is 0 Å². The second-order valence-electron chi connectivity index (χ2n) is 4.62. The molecule has 1 amide bonds. The van der Waals surface area contributed by atoms with Crippen LogP contribution in [0.4, 0.5) is 5.13 Å². The largest absolute Gasteiger partial charge is 0.493 e. The van der Waals surface area contributed by atoms with Crippen LogP contribution < -0.4 is 10.9 Å². The lowest BCUT2D eigenvalue weighted by Gasteiger charge is -2.06. The molecule has 118 valence electrons. The highest BCUT2D eigenvalue weighted by Crippen LogP contribution is 2.25. The van der Waals surface area contributed by atoms with E-state index in [9.17, 15) is 14.7 Å². The van der Waals surface area contributed by atoms with Gasteiger partial charge in [0.05, 0.1) is 22.0 Å². The summed E-state index contributed by atoms with van der Waals surface area (Å²) in [4.78, 5) is 31.7. The lowest BCUT2D eigenvalue weighted by molar-refractivity contribution is -0.113. The van der Waals surface area contributed by atoms with Crippen LogP contribution in [0.5, 0.6) is 5.88 Å². The van der Waals surface area contributed by atoms with Gasteiger partial charge in [-0.05, 0) is 12.1 Å². The van der Waals surface area contributed by atoms with E-state index in [1.54, 1.807) is 0 Å². The fourth-order valence-electron chi connectivity index (χ4n) is 1.85. The minimum atomic E-state index is -0.383. The Balaban J connectivity index is 1.67. The van der Waals surface area contributed by atoms with Crippen molar-refractivity contribution in [3.63, 3.8) is 0 Å². The summed E-state index contributed by atoms with van der Waals surface area (Å²) in [5.41, 5.74) is 0.448. The van der Waals surface area contributed by atoms with E-state index in [2.05, 4.69) is 15.3 Å². The van der Waals surface area contributed by atoms with Gasteiger partial charge in [0.25, 0.3) is 5.56 Å². The molecule has 2 aromatic heterocycles. The number of benzene rings is 1. The summed E-state index contributed by atoms with van der Waals surface area (Å²) in [5.74, 6) is -0.562. The first-order valence-corrected chi connectivity index (χ1v) is 8.38. The molecule has 0 spiro atoms. The Labute approximate surface area is 139 Å². The highest BCUT2D eigenvalue weighted by molar-refractivity contribution is 7.99. The van der Waals surface area contributed by atoms with Gasteiger partial charge in [-0.2, -0.15) is 4.98 Å². The summed E-state index contributed by atoms with van der Waals surface area (Å²) < 4.78 is 2.27. The molecule has 2 heterocycles. The number of hydrogen-bond acceptors (Lipinski definition) is 7. The first-order chi connectivity index (χ1) is 11.0. The van der Waals surface area contributed by atoms with Gasteiger partial charge in [0.1, 0.15) is 0 Å². The quantitative estimate of drug-likeness (QED) is 0.551. The number of hydrogen-bond donors (Lipinski definition) is 2. The molecular formula is C14H12N4O3S2. The summed E-state index contributed by atoms with van der Waals surface area (Å²) in [5, 5.41) is 12.9. The molecule has 0 bridgehead atoms. The average Bonchev–Trinajstić information content (AvgIpc) is 2.91. The van der Waals surface area contributed by atoms with Gasteiger partial charge in [0, 0.05) is 7.05 Å². The molecule has 0 radical (unpaired) electrons. The summed E-state index contributed by atoms with van der Waals surface area (Å²) in [7, 11) is 1.53. The lowest BCUT2D eigenvalue weighted by atomic mass is 10.3. The van der Waals surface area contributed by atoms with Crippen molar-refractivity contribution < 1.29 is 9.90 Å². The molecular weight excluding hydrogens is 336 g/mol. The molecule has 23 heavy (non-hydrogen) atoms. The van der Waals surface area contributed by atoms with Gasteiger partial charge >= 0.3 is 0 Å². The molecule has 0 saturated carbocycles. The number of aromatic nitrogens is 3. The molecule has 0 atom stereocenters. The Morgan fingerprint density at radius 1 is 1.39 bits per heavy atom. The zero-order valence-electron chi connectivity index (χ0n) is 12.0. The number of carbonyl (C=O) groups is 1. The number of carbonyl (C=O) groups excluding carboxylic acids is 1. The zero-order valence-corrected chi connectivity index (χ0v) is 13.6. The molecule has 0 saturated heterocycles. The maximum Gasteiger partial charge on any atom is 0.257 e. The summed E-state index contributed by atoms with van der Waals surface area (Å²) in [6, 6.07) is 8.63. The normalized spacial score (nSPS) is 10.8. The van der Waals surface area contributed by atoms with Gasteiger partial charge in [0.15, 0.2) is 10.3 Å². The van der Waals surface area contributed by atoms with Gasteiger partial charge in [-0.1, -0.05) is 35.2 Å². The minimum Gasteiger partial charge on any atom is -0.493 e. The van der Waals surface area contributed by atoms with E-state index in [-0.39, 0.29) is 28.3 Å². The SMILES string of the molecule is Cn1c(SCC(=O)Nc2nc3ccccc3s2)nc(O)cc1=O. The number of amides is 1. The van der Waals surface area contributed by atoms with Gasteiger partial charge in [-0.25, -0.2) is 4.98 Å². The fraction of sp³-hybridized carbons (Fsp3) is 0.143. The molecule has 3 aromatic rings. The van der Waals surface area contributed by atoms with Crippen LogP contribution in [0.2, 0.25) is 0 Å². The van der Waals surface area contributed by atoms with Gasteiger partial charge in [-0.15, -0.1) is 0 Å². The number of fused-ring (bicyclic) bond motifs is 1. The second-order valence-corrected chi connectivity index (χ2v) is 6.59. The highest BCUT2D eigenvalue weighted by atomic mass is 32.2. The number of anilines is 1. The number of aromatic hydroxyl groups is 1. The molecule has 3 rings (SSSR count). The zero-order chi connectivity index (χ0) is 16.4. The Kier molecular flexibility index (Phi) is 4.30. The van der Waals surface area contributed by atoms with Crippen molar-refractivity contribution >= 4 is 44.4 Å². The maximum absolute atomic E-state index is 12.0. The first kappa shape index (κ1) is 15.5. The van der Waals surface area contributed by atoms with Crippen molar-refractivity contribution in [1.82, 2.24) is 14.5 Å². The predicted octanol–water partition coefficient (Wildman–Crippen LogP) is 1.83. The van der Waals surface area contributed by atoms with E-state index in [1.807, 2.05) is 24.3 Å². The van der Waals surface area contributed by atoms with Gasteiger partial charge in [0.2, 0.25) is 11.8 Å². The van der Waals surface area contributed by atoms with Crippen molar-refractivity contribution in [2.75, 3.05) is 11.1 Å². The molecule has 7 nitrogen and oxygen atoms in total. The Bertz CT molecular complexity index is 902. The third kappa shape index (κ3) is 3.51. The van der Waals surface area contributed by atoms with E-state index in [4.69, 9.17) is 0 Å². The molecule has 0 aliphatic carbocycles. The molecule has 0 unspecified atom stereocenters. The van der Waals surface area contributed by atoms with Crippen molar-refractivity contribution in [3.05, 3.63) is 40.7 Å². The number of para-hydroxylation sites is 1. The van der Waals surface area contributed by atoms with Gasteiger partial charge in [-0.3, -0.25) is 14.2 Å². The molecule has 1 aromatic carbocycles. The summed E-state index contributed by atoms with van der Waals surface area (Å²) in [6.07, 6.45) is 0. The second kappa shape index (κ2) is 6.39. The van der Waals surface area contributed by atoms with E-state index in [0.717, 1.165) is 28.0 Å². The minimum absolute atomic E-state index is 0.0552. The number of thiazole rings is 1. The van der Waals surface area contributed by atoms with Crippen LogP contribution in [0.25, 0.3) is 10.2 Å². The molecule has 9 heteroatoms. The number of rotatable bonds is 4. The maximum atomic E-state index is 12.0. The summed E-state index contributed by atoms with van der Waals surface area (Å²) >= 11 is 2.46. The Morgan fingerprint density at radius 3 is 2.96 bits per heavy atom. The molecule has 0 fully saturated rings. The van der Waals surface area contributed by atoms with Crippen molar-refractivity contribution in [2.45, 2.75) is 5.16 Å². The highest BCUT2D eigenvalue weighted by Gasteiger charge is 2.11. The standard InChI is InChI=1S/C14H12N4O3S2/c1-18-12(21)6-10(19)17-14(18)22-7-11(20)16-13-15-8-4-2-3-5-9(8)23-13/h2-6,19H,7H2,1H3,(H,15,16,20). The molecule has 0 aliphatic rings. The third-order valence-electron chi connectivity index (χ3n) is 2.95. The Hall–Kier alpha value is -2.39. The van der Waals surface area contributed by atoms with Gasteiger partial charge < -0.3 is 10.4 Å². The number of nitrogens with one attached hydrogen (secondary N) is 1. The molecule has 0 aliphatic heterocycles. The summed E-state index contributed by atoms with van der Waals surface area (Å²) in [6.45, 7) is 0. The predicted molar refractivity (Wildman–Crippen MR) is 90.1 cm³/mol. The van der Waals surface area contributed by atoms with Crippen LogP contribution in [0.15, 0.2) is 40.3 Å². The van der Waals surface area contributed by atoms with Crippen molar-refractivity contribution in [2.24, 2.45) is 7.05 Å². The Morgan fingerprint density at radius 2 is 2.17 bits per heavy atom. The smallest absolute Gasteiger partial charge is 0.257 e. The van der Waals surface area contributed by atoms with Crippen molar-refractivity contribution in [1.29, 1.82) is 0 Å². The monoisotopic (exact) mass is 348 g/mol. The van der Waals surface area contributed by atoms with E-state index in [1.165, 1.54) is 23.0 Å².